The second-order valence-corrected chi connectivity index (χ2v) is 5.96. The van der Waals surface area contributed by atoms with Crippen molar-refractivity contribution in [2.45, 2.75) is 82.1 Å². The van der Waals surface area contributed by atoms with Crippen molar-refractivity contribution in [1.29, 1.82) is 0 Å². The van der Waals surface area contributed by atoms with Crippen LogP contribution in [0.2, 0.25) is 0 Å². The van der Waals surface area contributed by atoms with Crippen molar-refractivity contribution in [3.63, 3.8) is 0 Å². The molecule has 19 heavy (non-hydrogen) atoms. The third-order valence-corrected chi connectivity index (χ3v) is 4.03. The van der Waals surface area contributed by atoms with E-state index in [1.807, 2.05) is 6.29 Å². The fourth-order valence-corrected chi connectivity index (χ4v) is 2.66. The van der Waals surface area contributed by atoms with Crippen LogP contribution in [0.5, 0.6) is 0 Å². The van der Waals surface area contributed by atoms with Gasteiger partial charge in [0, 0.05) is 6.61 Å². The van der Waals surface area contributed by atoms with Crippen molar-refractivity contribution >= 4 is 17.9 Å². The lowest BCUT2D eigenvalue weighted by molar-refractivity contribution is 0.0326. The van der Waals surface area contributed by atoms with Gasteiger partial charge in [-0.15, -0.1) is 11.6 Å². The summed E-state index contributed by atoms with van der Waals surface area (Å²) in [6, 6.07) is 0. The molecule has 1 atom stereocenters. The molecule has 1 aliphatic rings. The summed E-state index contributed by atoms with van der Waals surface area (Å²) in [7, 11) is 0. The Kier molecular flexibility index (Phi) is 10.5. The molecule has 0 aromatic heterocycles. The fraction of sp³-hybridized carbons (Fsp3) is 0.875. The molecule has 1 rings (SSSR count). The minimum atomic E-state index is -0.402. The van der Waals surface area contributed by atoms with E-state index in [0.29, 0.717) is 6.10 Å². The second kappa shape index (κ2) is 11.7. The van der Waals surface area contributed by atoms with Crippen LogP contribution in [0.1, 0.15) is 70.6 Å². The van der Waals surface area contributed by atoms with Crippen LogP contribution in [-0.4, -0.2) is 24.4 Å². The summed E-state index contributed by atoms with van der Waals surface area (Å²) in [4.78, 5) is 10.2. The molecule has 3 heteroatoms. The average Bonchev–Trinajstić information content (AvgIpc) is 2.46. The van der Waals surface area contributed by atoms with Crippen LogP contribution in [0, 0.1) is 6.42 Å². The predicted octanol–water partition coefficient (Wildman–Crippen LogP) is 4.60. The topological polar surface area (TPSA) is 26.3 Å². The van der Waals surface area contributed by atoms with Gasteiger partial charge in [-0.25, -0.2) is 0 Å². The van der Waals surface area contributed by atoms with E-state index in [9.17, 15) is 4.79 Å². The van der Waals surface area contributed by atoms with Gasteiger partial charge in [0.15, 0.2) is 0 Å². The van der Waals surface area contributed by atoms with E-state index < -0.39 is 5.38 Å². The highest BCUT2D eigenvalue weighted by molar-refractivity contribution is 6.27. The number of hydrogen-bond acceptors (Lipinski definition) is 2. The van der Waals surface area contributed by atoms with Crippen LogP contribution < -0.4 is 0 Å². The third kappa shape index (κ3) is 9.45. The molecule has 1 saturated carbocycles. The highest BCUT2D eigenvalue weighted by Crippen LogP contribution is 2.19. The van der Waals surface area contributed by atoms with Gasteiger partial charge in [0.25, 0.3) is 0 Å². The lowest BCUT2D eigenvalue weighted by Crippen LogP contribution is -2.17. The van der Waals surface area contributed by atoms with Crippen LogP contribution >= 0.6 is 11.6 Å². The van der Waals surface area contributed by atoms with E-state index in [1.165, 1.54) is 57.8 Å². The number of unbranched alkanes of at least 4 members (excludes halogenated alkanes) is 5. The zero-order chi connectivity index (χ0) is 13.8. The van der Waals surface area contributed by atoms with Gasteiger partial charge in [-0.3, -0.25) is 4.79 Å². The monoisotopic (exact) mass is 286 g/mol. The van der Waals surface area contributed by atoms with E-state index in [0.717, 1.165) is 19.4 Å². The lowest BCUT2D eigenvalue weighted by atomic mass is 9.98. The van der Waals surface area contributed by atoms with Crippen molar-refractivity contribution in [3.05, 3.63) is 6.42 Å². The Balaban J connectivity index is 1.77. The predicted molar refractivity (Wildman–Crippen MR) is 80.2 cm³/mol. The fourth-order valence-electron chi connectivity index (χ4n) is 2.50. The SMILES string of the molecule is O=[C]C(Cl)CCCCCCCCOC1CC[CH]CC1. The minimum Gasteiger partial charge on any atom is -0.378 e. The highest BCUT2D eigenvalue weighted by Gasteiger charge is 2.12. The maximum absolute atomic E-state index is 10.2. The van der Waals surface area contributed by atoms with Crippen molar-refractivity contribution in [1.82, 2.24) is 0 Å². The summed E-state index contributed by atoms with van der Waals surface area (Å²) in [5, 5.41) is -0.402. The molecule has 1 aliphatic carbocycles. The van der Waals surface area contributed by atoms with Gasteiger partial charge in [0.05, 0.1) is 11.5 Å². The number of carbonyl (C=O) groups excluding carboxylic acids is 1. The summed E-state index contributed by atoms with van der Waals surface area (Å²) < 4.78 is 5.88. The molecule has 2 nitrogen and oxygen atoms in total. The molecule has 0 aliphatic heterocycles. The van der Waals surface area contributed by atoms with Gasteiger partial charge >= 0.3 is 0 Å². The smallest absolute Gasteiger partial charge is 0.217 e. The maximum Gasteiger partial charge on any atom is 0.217 e. The summed E-state index contributed by atoms with van der Waals surface area (Å²) in [5.41, 5.74) is 0. The first-order valence-electron chi connectivity index (χ1n) is 7.78. The Labute approximate surface area is 123 Å². The van der Waals surface area contributed by atoms with Crippen molar-refractivity contribution < 1.29 is 9.53 Å². The van der Waals surface area contributed by atoms with Crippen LogP contribution in [-0.2, 0) is 9.53 Å². The van der Waals surface area contributed by atoms with Gasteiger partial charge in [-0.1, -0.05) is 32.1 Å². The van der Waals surface area contributed by atoms with Crippen LogP contribution in [0.25, 0.3) is 0 Å². The first kappa shape index (κ1) is 17.0. The Hall–Kier alpha value is -0.0800. The Morgan fingerprint density at radius 1 is 1.11 bits per heavy atom. The van der Waals surface area contributed by atoms with Gasteiger partial charge in [-0.2, -0.15) is 0 Å². The molecule has 0 heterocycles. The molecule has 0 bridgehead atoms. The summed E-state index contributed by atoms with van der Waals surface area (Å²) in [6.45, 7) is 0.925. The van der Waals surface area contributed by atoms with Crippen molar-refractivity contribution in [3.8, 4) is 0 Å². The molecule has 0 N–H and O–H groups in total. The first-order valence-corrected chi connectivity index (χ1v) is 8.21. The molecule has 0 aromatic carbocycles. The lowest BCUT2D eigenvalue weighted by Gasteiger charge is -2.21. The quantitative estimate of drug-likeness (QED) is 0.410. The zero-order valence-electron chi connectivity index (χ0n) is 11.9. The number of ether oxygens (including phenoxy) is 1. The molecule has 2 radical (unpaired) electrons. The molecule has 0 spiro atoms. The van der Waals surface area contributed by atoms with E-state index in [2.05, 4.69) is 6.42 Å². The van der Waals surface area contributed by atoms with Gasteiger partial charge < -0.3 is 4.74 Å². The zero-order valence-corrected chi connectivity index (χ0v) is 12.7. The van der Waals surface area contributed by atoms with E-state index in [1.54, 1.807) is 0 Å². The van der Waals surface area contributed by atoms with Crippen molar-refractivity contribution in [2.75, 3.05) is 6.61 Å². The number of halogens is 1. The largest absolute Gasteiger partial charge is 0.378 e. The van der Waals surface area contributed by atoms with Gasteiger partial charge in [0.1, 0.15) is 0 Å². The Bertz CT molecular complexity index is 215. The highest BCUT2D eigenvalue weighted by atomic mass is 35.5. The minimum absolute atomic E-state index is 0.402. The summed E-state index contributed by atoms with van der Waals surface area (Å²) in [6.07, 6.45) is 17.5. The standard InChI is InChI=1S/C16H27ClO2/c17-15(14-18)10-6-3-1-2-4-9-13-19-16-11-7-5-8-12-16/h5,15-16H,1-4,6-13H2. The number of alkyl halides is 1. The maximum atomic E-state index is 10.2. The van der Waals surface area contributed by atoms with Crippen LogP contribution in [0.15, 0.2) is 0 Å². The van der Waals surface area contributed by atoms with Crippen LogP contribution in [0.3, 0.4) is 0 Å². The second-order valence-electron chi connectivity index (χ2n) is 5.43. The summed E-state index contributed by atoms with van der Waals surface area (Å²) >= 11 is 5.68. The molecule has 110 valence electrons. The van der Waals surface area contributed by atoms with Gasteiger partial charge in [-0.05, 0) is 44.9 Å². The van der Waals surface area contributed by atoms with Crippen molar-refractivity contribution in [2.24, 2.45) is 0 Å². The molecular weight excluding hydrogens is 260 g/mol. The Morgan fingerprint density at radius 3 is 2.42 bits per heavy atom. The third-order valence-electron chi connectivity index (χ3n) is 3.72. The molecule has 0 saturated heterocycles. The molecular formula is C16H27ClO2. The number of rotatable bonds is 11. The normalized spacial score (nSPS) is 18.4. The first-order chi connectivity index (χ1) is 9.33. The molecule has 0 amide bonds. The van der Waals surface area contributed by atoms with E-state index in [-0.39, 0.29) is 0 Å². The van der Waals surface area contributed by atoms with E-state index in [4.69, 9.17) is 16.3 Å². The molecule has 0 aromatic rings. The molecule has 1 fully saturated rings. The number of hydrogen-bond donors (Lipinski definition) is 0. The summed E-state index contributed by atoms with van der Waals surface area (Å²) in [5.74, 6) is 0. The average molecular weight is 287 g/mol. The Morgan fingerprint density at radius 2 is 1.74 bits per heavy atom. The van der Waals surface area contributed by atoms with Crippen LogP contribution in [0.4, 0.5) is 0 Å². The van der Waals surface area contributed by atoms with E-state index >= 15 is 0 Å². The van der Waals surface area contributed by atoms with Gasteiger partial charge in [0.2, 0.25) is 6.29 Å². The molecule has 1 unspecified atom stereocenters.